The van der Waals surface area contributed by atoms with Gasteiger partial charge in [-0.1, -0.05) is 35.3 Å². The molecule has 0 atom stereocenters. The van der Waals surface area contributed by atoms with Crippen LogP contribution in [0.5, 0.6) is 0 Å². The molecule has 0 aliphatic heterocycles. The van der Waals surface area contributed by atoms with Crippen molar-refractivity contribution in [3.8, 4) is 0 Å². The zero-order valence-electron chi connectivity index (χ0n) is 12.4. The van der Waals surface area contributed by atoms with Crippen molar-refractivity contribution in [2.24, 2.45) is 0 Å². The zero-order chi connectivity index (χ0) is 19.7. The Morgan fingerprint density at radius 2 is 1.85 bits per heavy atom. The molecule has 2 rings (SSSR count). The maximum absolute atomic E-state index is 13.7. The lowest BCUT2D eigenvalue weighted by Gasteiger charge is -2.11. The number of halogens is 6. The predicted molar refractivity (Wildman–Crippen MR) is 84.7 cm³/mol. The van der Waals surface area contributed by atoms with E-state index in [1.165, 1.54) is 18.2 Å². The number of hydrogen-bond acceptors (Lipinski definition) is 4. The van der Waals surface area contributed by atoms with E-state index < -0.39 is 50.0 Å². The molecule has 0 aliphatic carbocycles. The number of rotatable bonds is 4. The highest BCUT2D eigenvalue weighted by molar-refractivity contribution is 7.90. The molecule has 140 valence electrons. The number of carbonyl (C=O) groups is 1. The molecule has 1 heterocycles. The molecule has 0 radical (unpaired) electrons. The smallest absolute Gasteiger partial charge is 0.274 e. The Morgan fingerprint density at radius 3 is 2.42 bits per heavy atom. The normalized spacial score (nSPS) is 12.1. The number of carbonyl (C=O) groups excluding carboxylic acids is 1. The maximum Gasteiger partial charge on any atom is 0.417 e. The van der Waals surface area contributed by atoms with Gasteiger partial charge in [0.1, 0.15) is 5.82 Å². The number of nitrogens with one attached hydrogen (secondary N) is 1. The fourth-order valence-electron chi connectivity index (χ4n) is 1.87. The minimum atomic E-state index is -4.77. The van der Waals surface area contributed by atoms with Crippen molar-refractivity contribution in [2.75, 3.05) is 0 Å². The van der Waals surface area contributed by atoms with E-state index in [0.29, 0.717) is 6.07 Å². The molecule has 0 saturated carbocycles. The first-order valence-corrected chi connectivity index (χ1v) is 8.87. The van der Waals surface area contributed by atoms with Crippen LogP contribution in [0, 0.1) is 5.82 Å². The Labute approximate surface area is 155 Å². The average Bonchev–Trinajstić information content (AvgIpc) is 2.50. The summed E-state index contributed by atoms with van der Waals surface area (Å²) in [4.78, 5) is 15.0. The molecule has 0 spiro atoms. The Balaban J connectivity index is 2.23. The van der Waals surface area contributed by atoms with Crippen LogP contribution in [-0.2, 0) is 27.4 Å². The molecule has 1 N–H and O–H groups in total. The van der Waals surface area contributed by atoms with Crippen LogP contribution < -0.4 is 4.72 Å². The van der Waals surface area contributed by atoms with Crippen LogP contribution in [0.2, 0.25) is 10.0 Å². The number of alkyl halides is 3. The minimum Gasteiger partial charge on any atom is -0.274 e. The second kappa shape index (κ2) is 7.37. The van der Waals surface area contributed by atoms with Gasteiger partial charge in [-0.05, 0) is 17.7 Å². The molecule has 0 unspecified atom stereocenters. The van der Waals surface area contributed by atoms with Gasteiger partial charge < -0.3 is 0 Å². The predicted octanol–water partition coefficient (Wildman–Crippen LogP) is 3.59. The fraction of sp³-hybridized carbons (Fsp3) is 0.143. The third kappa shape index (κ3) is 4.63. The van der Waals surface area contributed by atoms with Crippen LogP contribution in [-0.4, -0.2) is 19.3 Å². The summed E-state index contributed by atoms with van der Waals surface area (Å²) in [7, 11) is -4.66. The SMILES string of the molecule is O=C(Cc1cccc(Cl)c1F)NS(=O)(=O)c1ncc(C(F)(F)F)cc1Cl. The Bertz CT molecular complexity index is 965. The van der Waals surface area contributed by atoms with E-state index in [1.54, 1.807) is 4.72 Å². The fourth-order valence-corrected chi connectivity index (χ4v) is 3.51. The van der Waals surface area contributed by atoms with Crippen molar-refractivity contribution in [3.63, 3.8) is 0 Å². The van der Waals surface area contributed by atoms with Gasteiger partial charge in [0, 0.05) is 6.20 Å². The molecule has 1 amide bonds. The number of nitrogens with zero attached hydrogens (tertiary/aromatic N) is 1. The van der Waals surface area contributed by atoms with Gasteiger partial charge in [-0.25, -0.2) is 14.1 Å². The highest BCUT2D eigenvalue weighted by atomic mass is 35.5. The molecule has 1 aromatic heterocycles. The van der Waals surface area contributed by atoms with E-state index in [2.05, 4.69) is 4.98 Å². The number of hydrogen-bond donors (Lipinski definition) is 1. The van der Waals surface area contributed by atoms with Crippen LogP contribution in [0.3, 0.4) is 0 Å². The van der Waals surface area contributed by atoms with Gasteiger partial charge in [-0.15, -0.1) is 0 Å². The quantitative estimate of drug-likeness (QED) is 0.751. The van der Waals surface area contributed by atoms with Crippen LogP contribution in [0.4, 0.5) is 17.6 Å². The number of amides is 1. The first-order chi connectivity index (χ1) is 11.9. The summed E-state index contributed by atoms with van der Waals surface area (Å²) >= 11 is 11.1. The van der Waals surface area contributed by atoms with Crippen molar-refractivity contribution in [2.45, 2.75) is 17.6 Å². The van der Waals surface area contributed by atoms with Crippen LogP contribution >= 0.6 is 23.2 Å². The van der Waals surface area contributed by atoms with E-state index in [0.717, 1.165) is 0 Å². The first-order valence-electron chi connectivity index (χ1n) is 6.63. The van der Waals surface area contributed by atoms with Crippen molar-refractivity contribution in [1.29, 1.82) is 0 Å². The van der Waals surface area contributed by atoms with E-state index >= 15 is 0 Å². The van der Waals surface area contributed by atoms with E-state index in [1.807, 2.05) is 0 Å². The topological polar surface area (TPSA) is 76.1 Å². The number of aromatic nitrogens is 1. The van der Waals surface area contributed by atoms with E-state index in [9.17, 15) is 30.8 Å². The Morgan fingerprint density at radius 1 is 1.19 bits per heavy atom. The molecule has 1 aromatic carbocycles. The second-order valence-corrected chi connectivity index (χ2v) is 7.34. The molecule has 0 fully saturated rings. The highest BCUT2D eigenvalue weighted by Crippen LogP contribution is 2.32. The molecule has 12 heteroatoms. The van der Waals surface area contributed by atoms with Crippen LogP contribution in [0.15, 0.2) is 35.5 Å². The lowest BCUT2D eigenvalue weighted by molar-refractivity contribution is -0.137. The molecule has 0 aliphatic rings. The maximum atomic E-state index is 13.7. The summed E-state index contributed by atoms with van der Waals surface area (Å²) in [6.45, 7) is 0. The van der Waals surface area contributed by atoms with Crippen molar-refractivity contribution >= 4 is 39.1 Å². The third-order valence-corrected chi connectivity index (χ3v) is 5.04. The van der Waals surface area contributed by atoms with Crippen molar-refractivity contribution in [1.82, 2.24) is 9.71 Å². The average molecular weight is 431 g/mol. The van der Waals surface area contributed by atoms with Gasteiger partial charge in [0.05, 0.1) is 22.0 Å². The van der Waals surface area contributed by atoms with Gasteiger partial charge >= 0.3 is 6.18 Å². The van der Waals surface area contributed by atoms with Gasteiger partial charge in [0.25, 0.3) is 10.0 Å². The van der Waals surface area contributed by atoms with Gasteiger partial charge in [-0.3, -0.25) is 4.79 Å². The molecule has 0 bridgehead atoms. The van der Waals surface area contributed by atoms with Crippen molar-refractivity contribution < 1.29 is 30.8 Å². The Hall–Kier alpha value is -1.91. The summed E-state index contributed by atoms with van der Waals surface area (Å²) in [5.41, 5.74) is -1.43. The molecular weight excluding hydrogens is 423 g/mol. The summed E-state index contributed by atoms with van der Waals surface area (Å²) in [5.74, 6) is -2.05. The third-order valence-electron chi connectivity index (χ3n) is 3.02. The lowest BCUT2D eigenvalue weighted by Crippen LogP contribution is -2.32. The molecule has 5 nitrogen and oxygen atoms in total. The molecular formula is C14H8Cl2F4N2O3S. The van der Waals surface area contributed by atoms with Crippen molar-refractivity contribution in [3.05, 3.63) is 57.5 Å². The largest absolute Gasteiger partial charge is 0.417 e. The Kier molecular flexibility index (Phi) is 5.79. The number of sulfonamides is 1. The van der Waals surface area contributed by atoms with Crippen LogP contribution in [0.1, 0.15) is 11.1 Å². The highest BCUT2D eigenvalue weighted by Gasteiger charge is 2.33. The van der Waals surface area contributed by atoms with Gasteiger partial charge in [0.2, 0.25) is 5.91 Å². The van der Waals surface area contributed by atoms with E-state index in [-0.39, 0.29) is 16.8 Å². The van der Waals surface area contributed by atoms with E-state index in [4.69, 9.17) is 23.2 Å². The van der Waals surface area contributed by atoms with Gasteiger partial charge in [-0.2, -0.15) is 21.6 Å². The standard InChI is InChI=1S/C14H8Cl2F4N2O3S/c15-9-3-1-2-7(12(9)17)4-11(23)22-26(24,25)13-10(16)5-8(6-21-13)14(18,19)20/h1-3,5-6H,4H2,(H,22,23). The van der Waals surface area contributed by atoms with Gasteiger partial charge in [0.15, 0.2) is 5.03 Å². The summed E-state index contributed by atoms with van der Waals surface area (Å²) < 4.78 is 77.1. The summed E-state index contributed by atoms with van der Waals surface area (Å²) in [6.07, 6.45) is -5.18. The molecule has 2 aromatic rings. The lowest BCUT2D eigenvalue weighted by atomic mass is 10.1. The summed E-state index contributed by atoms with van der Waals surface area (Å²) in [5, 5.41) is -2.05. The second-order valence-electron chi connectivity index (χ2n) is 4.93. The zero-order valence-corrected chi connectivity index (χ0v) is 14.8. The monoisotopic (exact) mass is 430 g/mol. The minimum absolute atomic E-state index is 0.170. The summed E-state index contributed by atoms with van der Waals surface area (Å²) in [6, 6.07) is 4.18. The molecule has 26 heavy (non-hydrogen) atoms. The number of benzene rings is 1. The number of pyridine rings is 1. The molecule has 0 saturated heterocycles. The first kappa shape index (κ1) is 20.4. The van der Waals surface area contributed by atoms with Crippen LogP contribution in [0.25, 0.3) is 0 Å².